The molecule has 1 aliphatic heterocycles. The lowest BCUT2D eigenvalue weighted by atomic mass is 10.2. The molecule has 6 aromatic rings. The Kier molecular flexibility index (Phi) is 6.49. The van der Waals surface area contributed by atoms with Crippen LogP contribution in [0, 0.1) is 11.6 Å². The summed E-state index contributed by atoms with van der Waals surface area (Å²) in [5.74, 6) is -0.624. The van der Waals surface area contributed by atoms with Crippen molar-refractivity contribution in [3.05, 3.63) is 64.5 Å². The number of tetrazole rings is 1. The second kappa shape index (κ2) is 10.5. The first-order valence-corrected chi connectivity index (χ1v) is 13.5. The number of aryl methyl sites for hydroxylation is 1. The lowest BCUT2D eigenvalue weighted by Crippen LogP contribution is -2.47. The molecule has 43 heavy (non-hydrogen) atoms. The van der Waals surface area contributed by atoms with Crippen LogP contribution in [0.1, 0.15) is 5.82 Å². The molecule has 0 amide bonds. The Morgan fingerprint density at radius 3 is 2.70 bits per heavy atom. The number of piperazine rings is 1. The lowest BCUT2D eigenvalue weighted by molar-refractivity contribution is 0.246. The molecule has 17 heteroatoms. The summed E-state index contributed by atoms with van der Waals surface area (Å²) in [7, 11) is 1.69. The molecule has 1 aliphatic rings. The summed E-state index contributed by atoms with van der Waals surface area (Å²) in [6, 6.07) is 7.54. The van der Waals surface area contributed by atoms with Crippen molar-refractivity contribution in [1.29, 1.82) is 0 Å². The van der Waals surface area contributed by atoms with Gasteiger partial charge in [0.25, 0.3) is 0 Å². The van der Waals surface area contributed by atoms with Gasteiger partial charge in [-0.2, -0.15) is 19.8 Å². The van der Waals surface area contributed by atoms with Gasteiger partial charge in [-0.25, -0.2) is 13.6 Å². The first-order chi connectivity index (χ1) is 20.9. The Morgan fingerprint density at radius 1 is 1.12 bits per heavy atom. The molecule has 222 valence electrons. The molecule has 0 saturated carbocycles. The summed E-state index contributed by atoms with van der Waals surface area (Å²) in [5.41, 5.74) is 8.55. The van der Waals surface area contributed by atoms with Crippen molar-refractivity contribution in [3.8, 4) is 17.2 Å². The van der Waals surface area contributed by atoms with E-state index in [1.165, 1.54) is 15.1 Å². The number of anilines is 2. The minimum absolute atomic E-state index is 0.102. The number of nitrogen functional groups attached to an aromatic ring is 1. The highest BCUT2D eigenvalue weighted by Gasteiger charge is 2.24. The van der Waals surface area contributed by atoms with Crippen molar-refractivity contribution in [2.24, 2.45) is 7.05 Å². The van der Waals surface area contributed by atoms with E-state index in [4.69, 9.17) is 14.9 Å². The molecule has 0 radical (unpaired) electrons. The predicted molar refractivity (Wildman–Crippen MR) is 149 cm³/mol. The number of rotatable bonds is 8. The minimum atomic E-state index is -0.816. The standard InChI is InChI=1S/C26H26F2N12O3/c1-36-23-19-12-17(20-3-2-10-42-20)33-40(19)25(29)30-24(23)39(26(36)41)9-6-37-4-7-38(8-5-37)18-13-21(16(28)11-15(18)27)43-14-22-31-34-35-32-22/h2-3,10-13H,4-9,14H2,1H3,(H2,29,30)(H,31,32,34,35). The van der Waals surface area contributed by atoms with Crippen LogP contribution in [0.25, 0.3) is 28.1 Å². The average molecular weight is 593 g/mol. The summed E-state index contributed by atoms with van der Waals surface area (Å²) in [5, 5.41) is 17.8. The maximum Gasteiger partial charge on any atom is 0.330 e. The number of nitrogens with zero attached hydrogens (tertiary/aromatic N) is 10. The molecule has 6 heterocycles. The molecule has 0 unspecified atom stereocenters. The molecule has 5 aromatic heterocycles. The fraction of sp³-hybridized carbons (Fsp3) is 0.308. The number of aromatic amines is 1. The molecule has 7 rings (SSSR count). The molecule has 0 aliphatic carbocycles. The topological polar surface area (TPSA) is 166 Å². The number of fused-ring (bicyclic) bond motifs is 3. The number of furan rings is 1. The number of halogens is 2. The number of imidazole rings is 1. The quantitative estimate of drug-likeness (QED) is 0.262. The lowest BCUT2D eigenvalue weighted by Gasteiger charge is -2.36. The third kappa shape index (κ3) is 4.72. The van der Waals surface area contributed by atoms with Gasteiger partial charge in [0, 0.05) is 58.4 Å². The summed E-state index contributed by atoms with van der Waals surface area (Å²) in [6.45, 7) is 3.01. The third-order valence-electron chi connectivity index (χ3n) is 7.58. The molecule has 0 spiro atoms. The van der Waals surface area contributed by atoms with Crippen LogP contribution in [0.5, 0.6) is 5.75 Å². The van der Waals surface area contributed by atoms with Gasteiger partial charge in [-0.3, -0.25) is 14.0 Å². The van der Waals surface area contributed by atoms with Crippen LogP contribution in [0.4, 0.5) is 20.4 Å². The van der Waals surface area contributed by atoms with E-state index in [0.29, 0.717) is 67.4 Å². The maximum absolute atomic E-state index is 14.8. The molecule has 15 nitrogen and oxygen atoms in total. The van der Waals surface area contributed by atoms with Gasteiger partial charge < -0.3 is 19.8 Å². The zero-order valence-electron chi connectivity index (χ0n) is 22.9. The van der Waals surface area contributed by atoms with Crippen LogP contribution in [-0.4, -0.2) is 82.0 Å². The number of hydrogen-bond donors (Lipinski definition) is 2. The summed E-state index contributed by atoms with van der Waals surface area (Å²) in [4.78, 5) is 21.8. The van der Waals surface area contributed by atoms with Crippen molar-refractivity contribution in [3.63, 3.8) is 0 Å². The second-order valence-corrected chi connectivity index (χ2v) is 10.1. The number of nitrogens with one attached hydrogen (secondary N) is 1. The van der Waals surface area contributed by atoms with Gasteiger partial charge in [0.15, 0.2) is 29.6 Å². The molecule has 3 N–H and O–H groups in total. The summed E-state index contributed by atoms with van der Waals surface area (Å²) >= 11 is 0. The van der Waals surface area contributed by atoms with Crippen LogP contribution >= 0.6 is 0 Å². The first-order valence-electron chi connectivity index (χ1n) is 13.5. The van der Waals surface area contributed by atoms with Gasteiger partial charge in [-0.1, -0.05) is 5.21 Å². The number of H-pyrrole nitrogens is 1. The summed E-state index contributed by atoms with van der Waals surface area (Å²) < 4.78 is 44.7. The van der Waals surface area contributed by atoms with Gasteiger partial charge in [0.1, 0.15) is 17.0 Å². The van der Waals surface area contributed by atoms with Crippen molar-refractivity contribution in [2.75, 3.05) is 43.4 Å². The number of nitrogens with two attached hydrogens (primary N) is 1. The van der Waals surface area contributed by atoms with E-state index in [2.05, 4.69) is 35.6 Å². The number of benzene rings is 1. The van der Waals surface area contributed by atoms with Crippen LogP contribution < -0.4 is 21.1 Å². The maximum atomic E-state index is 14.8. The molecule has 1 aromatic carbocycles. The van der Waals surface area contributed by atoms with E-state index in [1.54, 1.807) is 30.0 Å². The van der Waals surface area contributed by atoms with Crippen LogP contribution in [0.3, 0.4) is 0 Å². The Labute approximate surface area is 241 Å². The van der Waals surface area contributed by atoms with Gasteiger partial charge in [0.2, 0.25) is 11.8 Å². The Balaban J connectivity index is 1.06. The monoisotopic (exact) mass is 592 g/mol. The van der Waals surface area contributed by atoms with Crippen molar-refractivity contribution >= 4 is 28.3 Å². The molecule has 0 bridgehead atoms. The predicted octanol–water partition coefficient (Wildman–Crippen LogP) is 1.42. The Hall–Kier alpha value is -5.32. The average Bonchev–Trinajstić information content (AvgIpc) is 3.81. The SMILES string of the molecule is Cn1c(=O)n(CCN2CCN(c3cc(OCc4nn[nH]n4)c(F)cc3F)CC2)c2nc(N)n3nc(-c4ccco4)cc3c21. The molecule has 1 fully saturated rings. The van der Waals surface area contributed by atoms with E-state index in [1.807, 2.05) is 11.0 Å². The second-order valence-electron chi connectivity index (χ2n) is 10.1. The van der Waals surface area contributed by atoms with E-state index in [0.717, 1.165) is 6.07 Å². The molecule has 0 atom stereocenters. The van der Waals surface area contributed by atoms with E-state index >= 15 is 0 Å². The fourth-order valence-corrected chi connectivity index (χ4v) is 5.38. The van der Waals surface area contributed by atoms with E-state index in [9.17, 15) is 13.6 Å². The minimum Gasteiger partial charge on any atom is -0.482 e. The smallest absolute Gasteiger partial charge is 0.330 e. The van der Waals surface area contributed by atoms with Gasteiger partial charge in [0.05, 0.1) is 17.5 Å². The van der Waals surface area contributed by atoms with E-state index < -0.39 is 11.6 Å². The van der Waals surface area contributed by atoms with Crippen LogP contribution in [0.15, 0.2) is 45.8 Å². The number of aromatic nitrogens is 9. The highest BCUT2D eigenvalue weighted by Crippen LogP contribution is 2.30. The highest BCUT2D eigenvalue weighted by atomic mass is 19.1. The third-order valence-corrected chi connectivity index (χ3v) is 7.58. The van der Waals surface area contributed by atoms with Gasteiger partial charge in [-0.15, -0.1) is 10.2 Å². The highest BCUT2D eigenvalue weighted by molar-refractivity contribution is 5.91. The number of hydrogen-bond acceptors (Lipinski definition) is 11. The van der Waals surface area contributed by atoms with Crippen molar-refractivity contribution < 1.29 is 17.9 Å². The van der Waals surface area contributed by atoms with Gasteiger partial charge >= 0.3 is 5.69 Å². The fourth-order valence-electron chi connectivity index (χ4n) is 5.38. The van der Waals surface area contributed by atoms with E-state index in [-0.39, 0.29) is 35.5 Å². The first kappa shape index (κ1) is 26.6. The van der Waals surface area contributed by atoms with Crippen LogP contribution in [0.2, 0.25) is 0 Å². The molecule has 1 saturated heterocycles. The zero-order valence-corrected chi connectivity index (χ0v) is 22.9. The zero-order chi connectivity index (χ0) is 29.7. The Morgan fingerprint density at radius 2 is 1.95 bits per heavy atom. The summed E-state index contributed by atoms with van der Waals surface area (Å²) in [6.07, 6.45) is 1.56. The number of ether oxygens (including phenoxy) is 1. The van der Waals surface area contributed by atoms with Crippen molar-refractivity contribution in [2.45, 2.75) is 13.2 Å². The van der Waals surface area contributed by atoms with Crippen LogP contribution in [-0.2, 0) is 20.2 Å². The largest absolute Gasteiger partial charge is 0.482 e. The Bertz CT molecular complexity index is 1970. The normalized spacial score (nSPS) is 14.3. The molecular formula is C26H26F2N12O3. The van der Waals surface area contributed by atoms with Gasteiger partial charge in [-0.05, 0) is 18.2 Å². The molecular weight excluding hydrogens is 566 g/mol. The van der Waals surface area contributed by atoms with Crippen molar-refractivity contribution in [1.82, 2.24) is 49.3 Å².